The van der Waals surface area contributed by atoms with Gasteiger partial charge in [0.1, 0.15) is 0 Å². The van der Waals surface area contributed by atoms with Crippen molar-refractivity contribution in [2.75, 3.05) is 5.88 Å². The van der Waals surface area contributed by atoms with Gasteiger partial charge in [0, 0.05) is 5.88 Å². The summed E-state index contributed by atoms with van der Waals surface area (Å²) in [7, 11) is -1.31. The molecule has 0 heterocycles. The van der Waals surface area contributed by atoms with Crippen LogP contribution in [0.4, 0.5) is 0 Å². The Bertz CT molecular complexity index is 78.1. The van der Waals surface area contributed by atoms with Gasteiger partial charge in [0.15, 0.2) is 0 Å². The Morgan fingerprint density at radius 1 is 0.818 bits per heavy atom. The van der Waals surface area contributed by atoms with Crippen LogP contribution in [0.3, 0.4) is 0 Å². The third-order valence-corrected chi connectivity index (χ3v) is 3.98. The van der Waals surface area contributed by atoms with Crippen molar-refractivity contribution in [3.8, 4) is 0 Å². The lowest BCUT2D eigenvalue weighted by Crippen LogP contribution is -1.91. The predicted octanol–water partition coefficient (Wildman–Crippen LogP) is 3.87. The van der Waals surface area contributed by atoms with Crippen LogP contribution < -0.4 is 0 Å². The first-order valence-electron chi connectivity index (χ1n) is 4.11. The second-order valence-corrected chi connectivity index (χ2v) is 8.21. The van der Waals surface area contributed by atoms with E-state index in [9.17, 15) is 0 Å². The van der Waals surface area contributed by atoms with E-state index in [1.807, 2.05) is 0 Å². The monoisotopic (exact) mass is 232 g/mol. The van der Waals surface area contributed by atoms with Crippen molar-refractivity contribution in [1.82, 2.24) is 0 Å². The minimum atomic E-state index is -1.31. The zero-order valence-electron chi connectivity index (χ0n) is 6.66. The van der Waals surface area contributed by atoms with Gasteiger partial charge in [-0.1, -0.05) is 25.7 Å². The van der Waals surface area contributed by atoms with Crippen LogP contribution in [0.15, 0.2) is 0 Å². The second-order valence-electron chi connectivity index (χ2n) is 2.64. The molecule has 0 aliphatic heterocycles. The third kappa shape index (κ3) is 11.1. The molecule has 0 aromatic heterocycles. The van der Waals surface area contributed by atoms with Crippen LogP contribution in [0.1, 0.15) is 32.1 Å². The van der Waals surface area contributed by atoms with E-state index in [4.69, 9.17) is 33.8 Å². The Kier molecular flexibility index (Phi) is 10.1. The van der Waals surface area contributed by atoms with Crippen LogP contribution in [0.25, 0.3) is 0 Å². The lowest BCUT2D eigenvalue weighted by molar-refractivity contribution is 0.657. The van der Waals surface area contributed by atoms with E-state index >= 15 is 0 Å². The Balaban J connectivity index is 2.80. The van der Waals surface area contributed by atoms with Gasteiger partial charge in [0.2, 0.25) is 7.42 Å². The quantitative estimate of drug-likeness (QED) is 0.271. The van der Waals surface area contributed by atoms with Gasteiger partial charge in [0.05, 0.1) is 0 Å². The van der Waals surface area contributed by atoms with Gasteiger partial charge in [-0.25, -0.2) is 0 Å². The molecule has 0 N–H and O–H groups in total. The van der Waals surface area contributed by atoms with E-state index in [1.165, 1.54) is 25.7 Å². The predicted molar refractivity (Wildman–Crippen MR) is 57.5 cm³/mol. The molecule has 0 radical (unpaired) electrons. The Hall–Kier alpha value is 1.09. The molecule has 0 unspecified atom stereocenters. The van der Waals surface area contributed by atoms with Gasteiger partial charge < -0.3 is 0 Å². The first-order valence-corrected chi connectivity index (χ1v) is 8.95. The summed E-state index contributed by atoms with van der Waals surface area (Å²) in [6, 6.07) is 1.06. The smallest absolute Gasteiger partial charge is 0.150 e. The maximum absolute atomic E-state index is 5.70. The summed E-state index contributed by atoms with van der Waals surface area (Å²) in [6.07, 6.45) is 6.14. The van der Waals surface area contributed by atoms with Gasteiger partial charge in [-0.3, -0.25) is 0 Å². The fourth-order valence-electron chi connectivity index (χ4n) is 0.923. The van der Waals surface area contributed by atoms with Gasteiger partial charge in [-0.2, -0.15) is 22.2 Å². The Labute approximate surface area is 85.2 Å². The first-order chi connectivity index (χ1) is 5.27. The standard InChI is InChI=1S/C7H15Cl3Si/c8-6-4-2-1-3-5-7-11(9)10/h11H,1-7H2. The second kappa shape index (κ2) is 9.18. The number of hydrogen-bond donors (Lipinski definition) is 0. The van der Waals surface area contributed by atoms with Crippen molar-refractivity contribution in [2.45, 2.75) is 38.1 Å². The average Bonchev–Trinajstić information content (AvgIpc) is 1.96. The third-order valence-electron chi connectivity index (χ3n) is 1.56. The highest BCUT2D eigenvalue weighted by Crippen LogP contribution is 2.11. The SMILES string of the molecule is ClCCCCCCC[SiH](Cl)Cl. The normalized spacial score (nSPS) is 10.9. The molecule has 0 aromatic rings. The van der Waals surface area contributed by atoms with Crippen molar-refractivity contribution in [3.05, 3.63) is 0 Å². The number of hydrogen-bond acceptors (Lipinski definition) is 0. The summed E-state index contributed by atoms with van der Waals surface area (Å²) in [5.74, 6) is 0.794. The summed E-state index contributed by atoms with van der Waals surface area (Å²) >= 11 is 16.9. The molecule has 0 amide bonds. The van der Waals surface area contributed by atoms with Gasteiger partial charge in [-0.05, 0) is 12.5 Å². The summed E-state index contributed by atoms with van der Waals surface area (Å²) < 4.78 is 0. The fourth-order valence-corrected chi connectivity index (χ4v) is 2.64. The minimum Gasteiger partial charge on any atom is -0.150 e. The number of alkyl halides is 1. The number of halogens is 3. The van der Waals surface area contributed by atoms with Crippen LogP contribution in [0, 0.1) is 0 Å². The van der Waals surface area contributed by atoms with E-state index in [1.54, 1.807) is 0 Å². The summed E-state index contributed by atoms with van der Waals surface area (Å²) in [6.45, 7) is 0. The lowest BCUT2D eigenvalue weighted by Gasteiger charge is -1.99. The van der Waals surface area contributed by atoms with Gasteiger partial charge >= 0.3 is 0 Å². The van der Waals surface area contributed by atoms with Crippen LogP contribution >= 0.6 is 33.8 Å². The van der Waals surface area contributed by atoms with E-state index in [0.717, 1.165) is 18.3 Å². The van der Waals surface area contributed by atoms with Crippen molar-refractivity contribution in [1.29, 1.82) is 0 Å². The first kappa shape index (κ1) is 12.1. The van der Waals surface area contributed by atoms with Crippen LogP contribution in [-0.4, -0.2) is 13.3 Å². The fraction of sp³-hybridized carbons (Fsp3) is 1.00. The summed E-state index contributed by atoms with van der Waals surface area (Å²) in [5, 5.41) is 0. The molecule has 0 aliphatic rings. The highest BCUT2D eigenvalue weighted by Gasteiger charge is 1.99. The van der Waals surface area contributed by atoms with Crippen LogP contribution in [0.2, 0.25) is 6.04 Å². The molecular weight excluding hydrogens is 219 g/mol. The maximum Gasteiger partial charge on any atom is 0.237 e. The zero-order valence-corrected chi connectivity index (χ0v) is 10.1. The number of unbranched alkanes of at least 4 members (excludes halogenated alkanes) is 4. The molecule has 0 spiro atoms. The zero-order chi connectivity index (χ0) is 8.53. The van der Waals surface area contributed by atoms with Gasteiger partial charge in [0.25, 0.3) is 0 Å². The molecule has 0 aromatic carbocycles. The van der Waals surface area contributed by atoms with E-state index in [2.05, 4.69) is 0 Å². The summed E-state index contributed by atoms with van der Waals surface area (Å²) in [4.78, 5) is 0. The van der Waals surface area contributed by atoms with Crippen molar-refractivity contribution in [2.24, 2.45) is 0 Å². The molecule has 68 valence electrons. The van der Waals surface area contributed by atoms with Crippen molar-refractivity contribution in [3.63, 3.8) is 0 Å². The average molecular weight is 234 g/mol. The Morgan fingerprint density at radius 3 is 1.91 bits per heavy atom. The molecule has 0 bridgehead atoms. The number of rotatable bonds is 7. The molecule has 11 heavy (non-hydrogen) atoms. The topological polar surface area (TPSA) is 0 Å². The summed E-state index contributed by atoms with van der Waals surface area (Å²) in [5.41, 5.74) is 0. The van der Waals surface area contributed by atoms with E-state index in [0.29, 0.717) is 0 Å². The van der Waals surface area contributed by atoms with E-state index < -0.39 is 7.42 Å². The van der Waals surface area contributed by atoms with Crippen molar-refractivity contribution < 1.29 is 0 Å². The maximum atomic E-state index is 5.70. The molecule has 0 atom stereocenters. The lowest BCUT2D eigenvalue weighted by atomic mass is 10.2. The largest absolute Gasteiger partial charge is 0.237 e. The van der Waals surface area contributed by atoms with E-state index in [-0.39, 0.29) is 0 Å². The molecule has 0 saturated heterocycles. The minimum absolute atomic E-state index is 0.794. The van der Waals surface area contributed by atoms with Gasteiger partial charge in [-0.15, -0.1) is 11.6 Å². The van der Waals surface area contributed by atoms with Crippen LogP contribution in [-0.2, 0) is 0 Å². The molecule has 0 saturated carbocycles. The molecule has 0 aliphatic carbocycles. The highest BCUT2D eigenvalue weighted by atomic mass is 35.7. The molecule has 0 nitrogen and oxygen atoms in total. The molecular formula is C7H15Cl3Si. The highest BCUT2D eigenvalue weighted by molar-refractivity contribution is 7.33. The Morgan fingerprint density at radius 2 is 1.36 bits per heavy atom. The molecule has 0 fully saturated rings. The van der Waals surface area contributed by atoms with Crippen molar-refractivity contribution >= 4 is 41.2 Å². The molecule has 4 heteroatoms. The molecule has 0 rings (SSSR count). The van der Waals surface area contributed by atoms with Crippen LogP contribution in [0.5, 0.6) is 0 Å².